The van der Waals surface area contributed by atoms with E-state index in [0.29, 0.717) is 17.9 Å². The number of hydrogen-bond donors (Lipinski definition) is 2. The van der Waals surface area contributed by atoms with Gasteiger partial charge in [-0.3, -0.25) is 0 Å². The van der Waals surface area contributed by atoms with Crippen LogP contribution in [0.1, 0.15) is 11.3 Å². The molecule has 0 aliphatic heterocycles. The highest BCUT2D eigenvalue weighted by atomic mass is 19.4. The molecule has 0 aliphatic carbocycles. The van der Waals surface area contributed by atoms with Crippen LogP contribution < -0.4 is 10.6 Å². The minimum Gasteiger partial charge on any atom is -0.467 e. The molecule has 2 N–H and O–H groups in total. The van der Waals surface area contributed by atoms with E-state index in [4.69, 9.17) is 4.42 Å². The molecule has 1 aromatic carbocycles. The van der Waals surface area contributed by atoms with Crippen molar-refractivity contribution in [3.63, 3.8) is 0 Å². The zero-order valence-electron chi connectivity index (χ0n) is 10.5. The Morgan fingerprint density at radius 1 is 1.24 bits per heavy atom. The maximum absolute atomic E-state index is 13.1. The molecule has 2 aromatic rings. The van der Waals surface area contributed by atoms with E-state index >= 15 is 0 Å². The number of furan rings is 1. The first kappa shape index (κ1) is 14.9. The average Bonchev–Trinajstić information content (AvgIpc) is 2.90. The van der Waals surface area contributed by atoms with Crippen molar-refractivity contribution < 1.29 is 26.8 Å². The van der Waals surface area contributed by atoms with E-state index in [9.17, 15) is 22.4 Å². The van der Waals surface area contributed by atoms with E-state index in [-0.39, 0.29) is 12.2 Å². The van der Waals surface area contributed by atoms with Gasteiger partial charge in [-0.15, -0.1) is 0 Å². The summed E-state index contributed by atoms with van der Waals surface area (Å²) in [4.78, 5) is 11.5. The molecule has 8 heteroatoms. The Hall–Kier alpha value is -2.51. The van der Waals surface area contributed by atoms with Gasteiger partial charge in [-0.2, -0.15) is 13.2 Å². The SMILES string of the molecule is O=C(NCc1ccco1)Nc1ccc(F)c(C(F)(F)F)c1. The molecule has 2 amide bonds. The van der Waals surface area contributed by atoms with E-state index in [2.05, 4.69) is 10.6 Å². The summed E-state index contributed by atoms with van der Waals surface area (Å²) in [6.45, 7) is 0.0756. The summed E-state index contributed by atoms with van der Waals surface area (Å²) in [7, 11) is 0. The van der Waals surface area contributed by atoms with E-state index < -0.39 is 23.6 Å². The number of carbonyl (C=O) groups excluding carboxylic acids is 1. The quantitative estimate of drug-likeness (QED) is 0.848. The van der Waals surface area contributed by atoms with Gasteiger partial charge in [0, 0.05) is 5.69 Å². The summed E-state index contributed by atoms with van der Waals surface area (Å²) in [5.41, 5.74) is -1.60. The molecule has 0 saturated heterocycles. The molecule has 0 fully saturated rings. The Morgan fingerprint density at radius 3 is 2.62 bits per heavy atom. The molecule has 1 aromatic heterocycles. The molecule has 112 valence electrons. The third kappa shape index (κ3) is 3.98. The van der Waals surface area contributed by atoms with Crippen LogP contribution in [0.5, 0.6) is 0 Å². The highest BCUT2D eigenvalue weighted by molar-refractivity contribution is 5.89. The topological polar surface area (TPSA) is 54.3 Å². The third-order valence-electron chi connectivity index (χ3n) is 2.53. The van der Waals surface area contributed by atoms with Crippen molar-refractivity contribution in [2.24, 2.45) is 0 Å². The van der Waals surface area contributed by atoms with E-state index in [0.717, 1.165) is 6.07 Å². The summed E-state index contributed by atoms with van der Waals surface area (Å²) in [6, 6.07) is 4.74. The molecular weight excluding hydrogens is 292 g/mol. The van der Waals surface area contributed by atoms with Gasteiger partial charge in [-0.25, -0.2) is 9.18 Å². The first-order valence-corrected chi connectivity index (χ1v) is 5.80. The summed E-state index contributed by atoms with van der Waals surface area (Å²) in [6.07, 6.45) is -3.41. The van der Waals surface area contributed by atoms with Crippen LogP contribution in [-0.4, -0.2) is 6.03 Å². The molecule has 0 bridgehead atoms. The van der Waals surface area contributed by atoms with Gasteiger partial charge in [0.2, 0.25) is 0 Å². The molecule has 0 atom stereocenters. The number of anilines is 1. The van der Waals surface area contributed by atoms with Gasteiger partial charge in [0.05, 0.1) is 18.4 Å². The Balaban J connectivity index is 2.01. The fourth-order valence-electron chi connectivity index (χ4n) is 1.58. The molecule has 0 radical (unpaired) electrons. The van der Waals surface area contributed by atoms with Gasteiger partial charge in [0.15, 0.2) is 0 Å². The molecule has 1 heterocycles. The van der Waals surface area contributed by atoms with Crippen LogP contribution in [0.3, 0.4) is 0 Å². The number of urea groups is 1. The molecule has 21 heavy (non-hydrogen) atoms. The van der Waals surface area contributed by atoms with Gasteiger partial charge < -0.3 is 15.1 Å². The lowest BCUT2D eigenvalue weighted by atomic mass is 10.2. The van der Waals surface area contributed by atoms with Crippen molar-refractivity contribution in [3.05, 3.63) is 53.7 Å². The Morgan fingerprint density at radius 2 is 2.00 bits per heavy atom. The lowest BCUT2D eigenvalue weighted by molar-refractivity contribution is -0.139. The first-order valence-electron chi connectivity index (χ1n) is 5.80. The van der Waals surface area contributed by atoms with Crippen molar-refractivity contribution in [2.45, 2.75) is 12.7 Å². The molecule has 2 rings (SSSR count). The molecule has 0 aliphatic rings. The second-order valence-corrected chi connectivity index (χ2v) is 4.08. The highest BCUT2D eigenvalue weighted by Crippen LogP contribution is 2.32. The van der Waals surface area contributed by atoms with Crippen molar-refractivity contribution >= 4 is 11.7 Å². The van der Waals surface area contributed by atoms with Crippen LogP contribution in [0.25, 0.3) is 0 Å². The van der Waals surface area contributed by atoms with Crippen LogP contribution >= 0.6 is 0 Å². The number of amides is 2. The number of benzene rings is 1. The normalized spacial score (nSPS) is 11.2. The number of carbonyl (C=O) groups is 1. The molecular formula is C13H10F4N2O2. The van der Waals surface area contributed by atoms with E-state index in [1.54, 1.807) is 12.1 Å². The Bertz CT molecular complexity index is 624. The molecule has 0 unspecified atom stereocenters. The van der Waals surface area contributed by atoms with Gasteiger partial charge in [-0.1, -0.05) is 0 Å². The maximum atomic E-state index is 13.1. The van der Waals surface area contributed by atoms with Gasteiger partial charge in [0.25, 0.3) is 0 Å². The van der Waals surface area contributed by atoms with Gasteiger partial charge in [-0.05, 0) is 30.3 Å². The number of nitrogens with one attached hydrogen (secondary N) is 2. The van der Waals surface area contributed by atoms with Crippen molar-refractivity contribution in [2.75, 3.05) is 5.32 Å². The second kappa shape index (κ2) is 5.86. The first-order chi connectivity index (χ1) is 9.86. The Labute approximate surface area is 116 Å². The summed E-state index contributed by atoms with van der Waals surface area (Å²) < 4.78 is 55.6. The van der Waals surface area contributed by atoms with E-state index in [1.165, 1.54) is 6.26 Å². The minimum atomic E-state index is -4.83. The summed E-state index contributed by atoms with van der Waals surface area (Å²) in [5.74, 6) is -0.913. The molecule has 4 nitrogen and oxygen atoms in total. The smallest absolute Gasteiger partial charge is 0.419 e. The molecule has 0 saturated carbocycles. The van der Waals surface area contributed by atoms with Crippen LogP contribution in [0.15, 0.2) is 41.0 Å². The van der Waals surface area contributed by atoms with Crippen molar-refractivity contribution in [3.8, 4) is 0 Å². The van der Waals surface area contributed by atoms with Crippen molar-refractivity contribution in [1.29, 1.82) is 0 Å². The van der Waals surface area contributed by atoms with Crippen LogP contribution in [0, 0.1) is 5.82 Å². The van der Waals surface area contributed by atoms with Gasteiger partial charge in [0.1, 0.15) is 11.6 Å². The van der Waals surface area contributed by atoms with Crippen LogP contribution in [0.4, 0.5) is 28.0 Å². The zero-order chi connectivity index (χ0) is 15.5. The van der Waals surface area contributed by atoms with E-state index in [1.807, 2.05) is 0 Å². The summed E-state index contributed by atoms with van der Waals surface area (Å²) in [5, 5.41) is 4.57. The predicted octanol–water partition coefficient (Wildman–Crippen LogP) is 3.76. The largest absolute Gasteiger partial charge is 0.467 e. The van der Waals surface area contributed by atoms with Gasteiger partial charge >= 0.3 is 12.2 Å². The number of hydrogen-bond acceptors (Lipinski definition) is 2. The number of alkyl halides is 3. The highest BCUT2D eigenvalue weighted by Gasteiger charge is 2.34. The summed E-state index contributed by atoms with van der Waals surface area (Å²) >= 11 is 0. The minimum absolute atomic E-state index is 0.0756. The van der Waals surface area contributed by atoms with Crippen molar-refractivity contribution in [1.82, 2.24) is 5.32 Å². The fraction of sp³-hybridized carbons (Fsp3) is 0.154. The third-order valence-corrected chi connectivity index (χ3v) is 2.53. The lowest BCUT2D eigenvalue weighted by Gasteiger charge is -2.11. The monoisotopic (exact) mass is 302 g/mol. The maximum Gasteiger partial charge on any atom is 0.419 e. The molecule has 0 spiro atoms. The standard InChI is InChI=1S/C13H10F4N2O2/c14-11-4-3-8(6-10(11)13(15,16)17)19-12(20)18-7-9-2-1-5-21-9/h1-6H,7H2,(H2,18,19,20). The lowest BCUT2D eigenvalue weighted by Crippen LogP contribution is -2.28. The number of rotatable bonds is 3. The average molecular weight is 302 g/mol. The zero-order valence-corrected chi connectivity index (χ0v) is 10.5. The Kier molecular flexibility index (Phi) is 4.15. The number of halogens is 4. The second-order valence-electron chi connectivity index (χ2n) is 4.08. The van der Waals surface area contributed by atoms with Crippen LogP contribution in [-0.2, 0) is 12.7 Å². The predicted molar refractivity (Wildman–Crippen MR) is 66.0 cm³/mol. The fourth-order valence-corrected chi connectivity index (χ4v) is 1.58. The van der Waals surface area contributed by atoms with Crippen LogP contribution in [0.2, 0.25) is 0 Å².